The number of ether oxygens (including phenoxy) is 2. The lowest BCUT2D eigenvalue weighted by Gasteiger charge is -2.35. The van der Waals surface area contributed by atoms with Crippen LogP contribution in [0.3, 0.4) is 0 Å². The van der Waals surface area contributed by atoms with Crippen molar-refractivity contribution in [1.82, 2.24) is 29.7 Å². The van der Waals surface area contributed by atoms with Gasteiger partial charge in [0.15, 0.2) is 5.13 Å². The van der Waals surface area contributed by atoms with Gasteiger partial charge in [-0.3, -0.25) is 4.90 Å². The number of carbonyl (C=O) groups excluding carboxylic acids is 1. The van der Waals surface area contributed by atoms with Crippen LogP contribution in [0.5, 0.6) is 0 Å². The molecule has 0 bridgehead atoms. The smallest absolute Gasteiger partial charge is 0.410 e. The van der Waals surface area contributed by atoms with E-state index in [0.717, 1.165) is 47.1 Å². The quantitative estimate of drug-likeness (QED) is 0.446. The number of hydrogen-bond donors (Lipinski definition) is 2. The van der Waals surface area contributed by atoms with E-state index in [1.165, 1.54) is 11.3 Å². The molecule has 3 aromatic rings. The number of hydrogen-bond acceptors (Lipinski definition) is 11. The third-order valence-corrected chi connectivity index (χ3v) is 7.44. The number of nitrogens with one attached hydrogen (secondary N) is 2. The van der Waals surface area contributed by atoms with E-state index in [4.69, 9.17) is 19.4 Å². The van der Waals surface area contributed by atoms with Crippen molar-refractivity contribution in [2.24, 2.45) is 0 Å². The number of anilines is 3. The monoisotopic (exact) mass is 554 g/mol. The van der Waals surface area contributed by atoms with E-state index in [2.05, 4.69) is 39.3 Å². The fourth-order valence-electron chi connectivity index (χ4n) is 5.00. The summed E-state index contributed by atoms with van der Waals surface area (Å²) in [5.41, 5.74) is 1.27. The number of rotatable bonds is 6. The van der Waals surface area contributed by atoms with E-state index < -0.39 is 5.60 Å². The van der Waals surface area contributed by atoms with Crippen molar-refractivity contribution in [3.05, 3.63) is 30.1 Å². The average Bonchev–Trinajstić information content (AvgIpc) is 3.25. The summed E-state index contributed by atoms with van der Waals surface area (Å²) in [7, 11) is 0. The van der Waals surface area contributed by atoms with E-state index in [-0.39, 0.29) is 24.3 Å². The van der Waals surface area contributed by atoms with Crippen molar-refractivity contribution in [2.45, 2.75) is 77.9 Å². The van der Waals surface area contributed by atoms with Gasteiger partial charge in [-0.25, -0.2) is 19.7 Å². The largest absolute Gasteiger partial charge is 0.444 e. The van der Waals surface area contributed by atoms with Crippen LogP contribution in [-0.2, 0) is 16.0 Å². The third kappa shape index (κ3) is 7.52. The van der Waals surface area contributed by atoms with Gasteiger partial charge in [0.2, 0.25) is 5.95 Å². The molecule has 2 aliphatic heterocycles. The van der Waals surface area contributed by atoms with Crippen molar-refractivity contribution < 1.29 is 14.3 Å². The number of aromatic nitrogens is 4. The Balaban J connectivity index is 1.30. The van der Waals surface area contributed by atoms with E-state index in [1.807, 2.05) is 39.0 Å². The van der Waals surface area contributed by atoms with Crippen LogP contribution in [-0.4, -0.2) is 85.9 Å². The number of morpholine rings is 1. The fraction of sp³-hybridized carbons (Fsp3) is 0.593. The van der Waals surface area contributed by atoms with Crippen molar-refractivity contribution >= 4 is 44.7 Å². The van der Waals surface area contributed by atoms with Gasteiger partial charge in [-0.15, -0.1) is 0 Å². The molecule has 3 aromatic heterocycles. The number of nitrogens with zero attached hydrogens (tertiary/aromatic N) is 6. The van der Waals surface area contributed by atoms with Gasteiger partial charge in [0.1, 0.15) is 21.8 Å². The van der Waals surface area contributed by atoms with Crippen molar-refractivity contribution in [3.63, 3.8) is 0 Å². The van der Waals surface area contributed by atoms with Crippen LogP contribution in [0.4, 0.5) is 21.7 Å². The second-order valence-corrected chi connectivity index (χ2v) is 12.4. The second-order valence-electron chi connectivity index (χ2n) is 11.4. The van der Waals surface area contributed by atoms with Gasteiger partial charge in [-0.2, -0.15) is 4.98 Å². The molecular formula is C27H38N8O3S. The van der Waals surface area contributed by atoms with Crippen LogP contribution in [0.2, 0.25) is 0 Å². The molecule has 2 aliphatic rings. The molecule has 0 radical (unpaired) electrons. The zero-order chi connectivity index (χ0) is 27.6. The second kappa shape index (κ2) is 11.6. The molecule has 2 unspecified atom stereocenters. The Hall–Kier alpha value is -3.09. The number of likely N-dealkylation sites (tertiary alicyclic amines) is 1. The van der Waals surface area contributed by atoms with E-state index in [0.29, 0.717) is 31.4 Å². The Kier molecular flexibility index (Phi) is 8.15. The molecule has 0 aliphatic carbocycles. The molecule has 5 heterocycles. The first kappa shape index (κ1) is 27.5. The highest BCUT2D eigenvalue weighted by atomic mass is 32.1. The predicted octanol–water partition coefficient (Wildman–Crippen LogP) is 4.65. The molecule has 11 nitrogen and oxygen atoms in total. The van der Waals surface area contributed by atoms with Crippen molar-refractivity contribution in [2.75, 3.05) is 36.8 Å². The molecular weight excluding hydrogens is 516 g/mol. The average molecular weight is 555 g/mol. The van der Waals surface area contributed by atoms with Crippen LogP contribution in [0.1, 0.15) is 53.2 Å². The van der Waals surface area contributed by atoms with Gasteiger partial charge >= 0.3 is 6.09 Å². The van der Waals surface area contributed by atoms with Crippen LogP contribution in [0, 0.1) is 0 Å². The lowest BCUT2D eigenvalue weighted by molar-refractivity contribution is -0.0707. The molecule has 2 saturated heterocycles. The Labute approximate surface area is 233 Å². The zero-order valence-corrected chi connectivity index (χ0v) is 24.1. The van der Waals surface area contributed by atoms with E-state index in [9.17, 15) is 4.79 Å². The molecule has 12 heteroatoms. The van der Waals surface area contributed by atoms with Gasteiger partial charge in [0.05, 0.1) is 17.9 Å². The van der Waals surface area contributed by atoms with Crippen molar-refractivity contribution in [1.29, 1.82) is 0 Å². The molecule has 5 rings (SSSR count). The molecule has 2 N–H and O–H groups in total. The van der Waals surface area contributed by atoms with Crippen LogP contribution in [0.25, 0.3) is 10.3 Å². The molecule has 0 saturated carbocycles. The molecule has 1 amide bonds. The number of fused-ring (bicyclic) bond motifs is 1. The first-order valence-electron chi connectivity index (χ1n) is 13.6. The summed E-state index contributed by atoms with van der Waals surface area (Å²) in [5, 5.41) is 7.63. The highest BCUT2D eigenvalue weighted by molar-refractivity contribution is 7.21. The summed E-state index contributed by atoms with van der Waals surface area (Å²) in [5.74, 6) is 1.25. The Morgan fingerprint density at radius 1 is 1.15 bits per heavy atom. The molecule has 2 fully saturated rings. The summed E-state index contributed by atoms with van der Waals surface area (Å²) in [4.78, 5) is 36.2. The fourth-order valence-corrected chi connectivity index (χ4v) is 5.81. The minimum atomic E-state index is -0.501. The zero-order valence-electron chi connectivity index (χ0n) is 23.3. The normalized spacial score (nSPS) is 21.2. The molecule has 210 valence electrons. The topological polar surface area (TPSA) is 118 Å². The minimum Gasteiger partial charge on any atom is -0.444 e. The SMILES string of the molecule is CC1CN(Cc2cc(Nc3nc4cccnc4s3)nc(NC3CCN(C(=O)OC(C)(C)C)CC3)n2)CC(C)O1. The minimum absolute atomic E-state index is 0.155. The summed E-state index contributed by atoms with van der Waals surface area (Å²) in [6.45, 7) is 13.5. The number of pyridine rings is 1. The first-order valence-corrected chi connectivity index (χ1v) is 14.4. The summed E-state index contributed by atoms with van der Waals surface area (Å²) < 4.78 is 11.5. The molecule has 0 spiro atoms. The van der Waals surface area contributed by atoms with Crippen LogP contribution >= 0.6 is 11.3 Å². The third-order valence-electron chi connectivity index (χ3n) is 6.54. The standard InChI is InChI=1S/C27H38N8O3S/c1-17-14-34(15-18(2)37-17)16-20-13-22(33-25-31-21-7-6-10-28-23(21)39-25)32-24(30-20)29-19-8-11-35(12-9-19)26(36)38-27(3,4)5/h6-7,10,13,17-19H,8-9,11-12,14-16H2,1-5H3,(H2,29,30,31,32,33). The highest BCUT2D eigenvalue weighted by Gasteiger charge is 2.28. The summed E-state index contributed by atoms with van der Waals surface area (Å²) >= 11 is 1.49. The first-order chi connectivity index (χ1) is 18.6. The lowest BCUT2D eigenvalue weighted by atomic mass is 10.1. The maximum atomic E-state index is 12.5. The van der Waals surface area contributed by atoms with Crippen LogP contribution in [0.15, 0.2) is 24.4 Å². The molecule has 39 heavy (non-hydrogen) atoms. The summed E-state index contributed by atoms with van der Waals surface area (Å²) in [6, 6.07) is 5.98. The van der Waals surface area contributed by atoms with Gasteiger partial charge in [0.25, 0.3) is 0 Å². The number of amides is 1. The Morgan fingerprint density at radius 2 is 1.90 bits per heavy atom. The van der Waals surface area contributed by atoms with Gasteiger partial charge in [0, 0.05) is 51.0 Å². The predicted molar refractivity (Wildman–Crippen MR) is 152 cm³/mol. The summed E-state index contributed by atoms with van der Waals surface area (Å²) in [6.07, 6.45) is 3.44. The van der Waals surface area contributed by atoms with Gasteiger partial charge in [-0.05, 0) is 59.6 Å². The lowest BCUT2D eigenvalue weighted by Crippen LogP contribution is -2.45. The van der Waals surface area contributed by atoms with Crippen LogP contribution < -0.4 is 10.6 Å². The Bertz CT molecular complexity index is 1240. The number of thiazole rings is 1. The number of carbonyl (C=O) groups is 1. The van der Waals surface area contributed by atoms with Gasteiger partial charge < -0.3 is 25.0 Å². The van der Waals surface area contributed by atoms with E-state index >= 15 is 0 Å². The van der Waals surface area contributed by atoms with E-state index in [1.54, 1.807) is 11.1 Å². The number of piperidine rings is 1. The van der Waals surface area contributed by atoms with Gasteiger partial charge in [-0.1, -0.05) is 11.3 Å². The molecule has 0 aromatic carbocycles. The maximum absolute atomic E-state index is 12.5. The Morgan fingerprint density at radius 3 is 2.59 bits per heavy atom. The molecule has 2 atom stereocenters. The highest BCUT2D eigenvalue weighted by Crippen LogP contribution is 2.27. The maximum Gasteiger partial charge on any atom is 0.410 e. The van der Waals surface area contributed by atoms with Crippen molar-refractivity contribution in [3.8, 4) is 0 Å².